The molecule has 0 aromatic heterocycles. The molecule has 138 valence electrons. The van der Waals surface area contributed by atoms with E-state index in [1.54, 1.807) is 6.26 Å². The summed E-state index contributed by atoms with van der Waals surface area (Å²) in [5, 5.41) is -3.34. The zero-order valence-corrected chi connectivity index (χ0v) is 16.0. The maximum atomic E-state index is 14.2. The van der Waals surface area contributed by atoms with Gasteiger partial charge in [-0.05, 0) is 66.6 Å². The Morgan fingerprint density at radius 1 is 1.17 bits per heavy atom. The van der Waals surface area contributed by atoms with Crippen LogP contribution in [0.5, 0.6) is 0 Å². The number of hydrogen-bond donors (Lipinski definition) is 0. The molecule has 24 heavy (non-hydrogen) atoms. The molecular weight excluding hydrogens is 354 g/mol. The van der Waals surface area contributed by atoms with Crippen molar-refractivity contribution in [2.75, 3.05) is 12.5 Å². The molecule has 0 saturated heterocycles. The summed E-state index contributed by atoms with van der Waals surface area (Å²) in [5.74, 6) is 2.63. The van der Waals surface area contributed by atoms with Crippen molar-refractivity contribution < 1.29 is 21.4 Å². The van der Waals surface area contributed by atoms with Crippen LogP contribution in [0.3, 0.4) is 0 Å². The minimum Gasteiger partial charge on any atom is -0.260 e. The van der Waals surface area contributed by atoms with Crippen molar-refractivity contribution in [1.82, 2.24) is 0 Å². The zero-order valence-electron chi connectivity index (χ0n) is 14.4. The van der Waals surface area contributed by atoms with Crippen LogP contribution in [0, 0.1) is 40.9 Å². The third-order valence-electron chi connectivity index (χ3n) is 7.84. The Hall–Kier alpha value is -0.0400. The molecule has 4 aliphatic carbocycles. The van der Waals surface area contributed by atoms with Gasteiger partial charge in [0.2, 0.25) is 9.84 Å². The van der Waals surface area contributed by atoms with Gasteiger partial charge in [-0.1, -0.05) is 6.92 Å². The Balaban J connectivity index is 1.59. The van der Waals surface area contributed by atoms with Crippen LogP contribution in [0.4, 0.5) is 8.78 Å². The Morgan fingerprint density at radius 2 is 1.83 bits per heavy atom. The summed E-state index contributed by atoms with van der Waals surface area (Å²) in [6.07, 6.45) is 5.64. The lowest BCUT2D eigenvalue weighted by Gasteiger charge is -2.46. The second-order valence-electron chi connectivity index (χ2n) is 9.13. The number of rotatable bonds is 4. The van der Waals surface area contributed by atoms with Crippen molar-refractivity contribution in [2.24, 2.45) is 40.9 Å². The lowest BCUT2D eigenvalue weighted by atomic mass is 9.60. The zero-order chi connectivity index (χ0) is 17.7. The third-order valence-corrected chi connectivity index (χ3v) is 10.5. The van der Waals surface area contributed by atoms with E-state index < -0.39 is 37.7 Å². The Morgan fingerprint density at radius 3 is 2.42 bits per heavy atom. The van der Waals surface area contributed by atoms with Gasteiger partial charge in [0.25, 0.3) is 0 Å². The Kier molecular flexibility index (Phi) is 3.64. The molecule has 9 unspecified atom stereocenters. The second kappa shape index (κ2) is 5.02. The van der Waals surface area contributed by atoms with Crippen molar-refractivity contribution >= 4 is 20.6 Å². The summed E-state index contributed by atoms with van der Waals surface area (Å²) < 4.78 is 63.4. The predicted octanol–water partition coefficient (Wildman–Crippen LogP) is 3.08. The van der Waals surface area contributed by atoms with Crippen molar-refractivity contribution in [3.8, 4) is 0 Å². The molecule has 0 amide bonds. The van der Waals surface area contributed by atoms with Gasteiger partial charge in [-0.15, -0.1) is 0 Å². The molecule has 0 radical (unpaired) electrons. The van der Waals surface area contributed by atoms with Crippen molar-refractivity contribution in [3.63, 3.8) is 0 Å². The molecule has 0 spiro atoms. The summed E-state index contributed by atoms with van der Waals surface area (Å²) >= 11 is 0. The number of hydrogen-bond acceptors (Lipinski definition) is 3. The van der Waals surface area contributed by atoms with Gasteiger partial charge in [-0.25, -0.2) is 8.42 Å². The molecule has 4 rings (SSSR count). The van der Waals surface area contributed by atoms with Gasteiger partial charge in [-0.2, -0.15) is 8.78 Å². The van der Waals surface area contributed by atoms with Gasteiger partial charge in [0, 0.05) is 35.0 Å². The van der Waals surface area contributed by atoms with Crippen molar-refractivity contribution in [3.05, 3.63) is 0 Å². The highest BCUT2D eigenvalue weighted by Crippen LogP contribution is 2.73. The lowest BCUT2D eigenvalue weighted by molar-refractivity contribution is -0.0239. The molecule has 7 heteroatoms. The molecule has 9 atom stereocenters. The summed E-state index contributed by atoms with van der Waals surface area (Å²) in [6.45, 7) is 1.88. The van der Waals surface area contributed by atoms with Crippen molar-refractivity contribution in [1.29, 1.82) is 0 Å². The van der Waals surface area contributed by atoms with Crippen LogP contribution in [0.2, 0.25) is 0 Å². The number of halogens is 2. The fraction of sp³-hybridized carbons (Fsp3) is 1.00. The van der Waals surface area contributed by atoms with E-state index in [-0.39, 0.29) is 5.92 Å². The average molecular weight is 381 g/mol. The fourth-order valence-corrected chi connectivity index (χ4v) is 9.09. The minimum atomic E-state index is -4.37. The molecular formula is C17H26F2O3S2. The van der Waals surface area contributed by atoms with Crippen LogP contribution in [0.25, 0.3) is 0 Å². The van der Waals surface area contributed by atoms with Crippen molar-refractivity contribution in [2.45, 2.75) is 49.5 Å². The molecule has 4 saturated carbocycles. The molecule has 4 fully saturated rings. The SMILES string of the molecule is CS(=O)C1CC2CC1C1C3CC(C21)C(C)(CC(F)(F)S(C)(=O)=O)C3. The lowest BCUT2D eigenvalue weighted by Crippen LogP contribution is -2.45. The number of sulfone groups is 1. The standard InChI is InChI=1S/C17H26F2O3S2/c1-16(8-17(18,19)24(3,21)22)7-10-5-12(16)15-9-4-11(14(10)15)13(6-9)23(2)20/h9-15H,4-8H2,1-3H3. The Labute approximate surface area is 145 Å². The largest absolute Gasteiger partial charge is 0.345 e. The first-order chi connectivity index (χ1) is 10.9. The first kappa shape index (κ1) is 17.4. The molecule has 4 bridgehead atoms. The van der Waals surface area contributed by atoms with E-state index in [2.05, 4.69) is 0 Å². The normalized spacial score (nSPS) is 51.1. The predicted molar refractivity (Wildman–Crippen MR) is 89.8 cm³/mol. The quantitative estimate of drug-likeness (QED) is 0.705. The van der Waals surface area contributed by atoms with Gasteiger partial charge in [0.15, 0.2) is 0 Å². The second-order valence-corrected chi connectivity index (χ2v) is 12.9. The highest BCUT2D eigenvalue weighted by atomic mass is 32.2. The van der Waals surface area contributed by atoms with E-state index in [0.29, 0.717) is 47.5 Å². The molecule has 4 aliphatic rings. The average Bonchev–Trinajstić information content (AvgIpc) is 3.10. The van der Waals surface area contributed by atoms with Gasteiger partial charge in [0.05, 0.1) is 0 Å². The summed E-state index contributed by atoms with van der Waals surface area (Å²) in [5.41, 5.74) is -0.580. The number of alkyl halides is 2. The maximum absolute atomic E-state index is 14.2. The molecule has 0 aromatic carbocycles. The van der Waals surface area contributed by atoms with E-state index >= 15 is 0 Å². The first-order valence-electron chi connectivity index (χ1n) is 8.84. The highest BCUT2D eigenvalue weighted by molar-refractivity contribution is 7.91. The molecule has 0 heterocycles. The summed E-state index contributed by atoms with van der Waals surface area (Å²) in [6, 6.07) is 0. The van der Waals surface area contributed by atoms with Gasteiger partial charge in [-0.3, -0.25) is 4.21 Å². The topological polar surface area (TPSA) is 51.2 Å². The van der Waals surface area contributed by atoms with E-state index in [9.17, 15) is 21.4 Å². The molecule has 0 aliphatic heterocycles. The van der Waals surface area contributed by atoms with Crippen LogP contribution in [0.15, 0.2) is 0 Å². The van der Waals surface area contributed by atoms with E-state index in [4.69, 9.17) is 0 Å². The van der Waals surface area contributed by atoms with Crippen LogP contribution in [-0.2, 0) is 20.6 Å². The van der Waals surface area contributed by atoms with E-state index in [1.165, 1.54) is 0 Å². The van der Waals surface area contributed by atoms with Crippen LogP contribution >= 0.6 is 0 Å². The molecule has 3 nitrogen and oxygen atoms in total. The van der Waals surface area contributed by atoms with Gasteiger partial charge < -0.3 is 0 Å². The third kappa shape index (κ3) is 2.22. The first-order valence-corrected chi connectivity index (χ1v) is 12.4. The monoisotopic (exact) mass is 380 g/mol. The van der Waals surface area contributed by atoms with E-state index in [0.717, 1.165) is 19.3 Å². The smallest absolute Gasteiger partial charge is 0.260 e. The van der Waals surface area contributed by atoms with Gasteiger partial charge >= 0.3 is 5.25 Å². The van der Waals surface area contributed by atoms with E-state index in [1.807, 2.05) is 6.92 Å². The molecule has 0 N–H and O–H groups in total. The molecule has 0 aromatic rings. The summed E-state index contributed by atoms with van der Waals surface area (Å²) in [7, 11) is -5.17. The van der Waals surface area contributed by atoms with Crippen LogP contribution < -0.4 is 0 Å². The fourth-order valence-electron chi connectivity index (χ4n) is 7.20. The van der Waals surface area contributed by atoms with Crippen LogP contribution in [0.1, 0.15) is 39.0 Å². The van der Waals surface area contributed by atoms with Crippen LogP contribution in [-0.4, -0.2) is 35.6 Å². The summed E-state index contributed by atoms with van der Waals surface area (Å²) in [4.78, 5) is 0. The number of fused-ring (bicyclic) bond motifs is 9. The highest BCUT2D eigenvalue weighted by Gasteiger charge is 2.69. The Bertz CT molecular complexity index is 692. The maximum Gasteiger partial charge on any atom is 0.345 e. The van der Waals surface area contributed by atoms with Gasteiger partial charge in [0.1, 0.15) is 0 Å². The minimum absolute atomic E-state index is 0.210.